The fourth-order valence-electron chi connectivity index (χ4n) is 9.91. The second kappa shape index (κ2) is 8.42. The number of hydrogen-bond acceptors (Lipinski definition) is 8. The van der Waals surface area contributed by atoms with Gasteiger partial charge in [-0.05, 0) is 113 Å². The lowest BCUT2D eigenvalue weighted by Crippen LogP contribution is -2.60. The summed E-state index contributed by atoms with van der Waals surface area (Å²) >= 11 is 0. The van der Waals surface area contributed by atoms with E-state index in [2.05, 4.69) is 39.3 Å². The van der Waals surface area contributed by atoms with Gasteiger partial charge in [-0.2, -0.15) is 0 Å². The minimum atomic E-state index is -2.57. The highest BCUT2D eigenvalue weighted by atomic mass is 28.5. The zero-order valence-electron chi connectivity index (χ0n) is 22.8. The summed E-state index contributed by atoms with van der Waals surface area (Å²) in [7, 11) is -7.15. The molecule has 11 heteroatoms. The van der Waals surface area contributed by atoms with E-state index < -0.39 is 25.2 Å². The molecule has 10 unspecified atom stereocenters. The lowest BCUT2D eigenvalue weighted by atomic mass is 9.59. The summed E-state index contributed by atoms with van der Waals surface area (Å²) in [6, 6.07) is 0. The molecular weight excluding hydrogens is 525 g/mol. The first-order chi connectivity index (χ1) is 17.2. The van der Waals surface area contributed by atoms with Crippen molar-refractivity contribution in [3.8, 4) is 0 Å². The molecule has 8 nitrogen and oxygen atoms in total. The molecule has 4 bridgehead atoms. The number of cyclic esters (lactones) is 4. The molecule has 0 aromatic heterocycles. The van der Waals surface area contributed by atoms with Crippen LogP contribution in [0.2, 0.25) is 50.4 Å². The zero-order valence-corrected chi connectivity index (χ0v) is 25.8. The molecule has 8 aliphatic rings. The smallest absolute Gasteiger partial charge is 0.317 e. The molecule has 0 radical (unpaired) electrons. The van der Waals surface area contributed by atoms with E-state index in [9.17, 15) is 19.2 Å². The van der Waals surface area contributed by atoms with Crippen LogP contribution < -0.4 is 0 Å². The SMILES string of the molecule is C[Si](C)(O[Si](C)(C)C1CC2CCC1C1C(=O)OC(=O)C21)O[Si](C)(C)C1CC2CCC1C1C(=O)OC(=O)C21. The number of fused-ring (bicyclic) bond motifs is 4. The maximum absolute atomic E-state index is 12.6. The van der Waals surface area contributed by atoms with Gasteiger partial charge in [0.2, 0.25) is 0 Å². The minimum absolute atomic E-state index is 0.155. The van der Waals surface area contributed by atoms with Crippen molar-refractivity contribution in [3.63, 3.8) is 0 Å². The second-order valence-corrected chi connectivity index (χ2v) is 26.4. The molecular formula is C26H40O8Si3. The molecule has 0 spiro atoms. The van der Waals surface area contributed by atoms with Gasteiger partial charge in [-0.15, -0.1) is 0 Å². The van der Waals surface area contributed by atoms with Crippen LogP contribution >= 0.6 is 0 Å². The van der Waals surface area contributed by atoms with E-state index in [4.69, 9.17) is 17.7 Å². The van der Waals surface area contributed by atoms with Crippen molar-refractivity contribution >= 4 is 49.1 Å². The van der Waals surface area contributed by atoms with Crippen molar-refractivity contribution in [1.29, 1.82) is 0 Å². The number of rotatable bonds is 6. The molecule has 0 N–H and O–H groups in total. The van der Waals surface area contributed by atoms with Gasteiger partial charge >= 0.3 is 32.4 Å². The average Bonchev–Trinajstić information content (AvgIpc) is 3.30. The van der Waals surface area contributed by atoms with Gasteiger partial charge in [-0.1, -0.05) is 0 Å². The standard InChI is InChI=1S/C26H40O8Si3/c1-35(2,17-11-13-7-9-15(17)21-19(13)23(27)31-25(21)29)33-37(5,6)34-36(3,4)18-12-14-8-10-16(18)22-20(14)24(28)32-26(22)30/h13-22H,7-12H2,1-6H3. The van der Waals surface area contributed by atoms with Crippen LogP contribution in [-0.2, 0) is 36.9 Å². The Morgan fingerprint density at radius 2 is 0.919 bits per heavy atom. The molecule has 10 atom stereocenters. The summed E-state index contributed by atoms with van der Waals surface area (Å²) in [5.41, 5.74) is 0.605. The van der Waals surface area contributed by atoms with Gasteiger partial charge in [0.25, 0.3) is 0 Å². The maximum Gasteiger partial charge on any atom is 0.317 e. The fourth-order valence-corrected chi connectivity index (χ4v) is 26.4. The topological polar surface area (TPSA) is 105 Å². The Bertz CT molecular complexity index is 976. The largest absolute Gasteiger partial charge is 0.436 e. The van der Waals surface area contributed by atoms with Gasteiger partial charge in [-0.3, -0.25) is 19.2 Å². The normalized spacial score (nSPS) is 43.1. The molecule has 8 rings (SSSR count). The van der Waals surface area contributed by atoms with E-state index in [1.807, 2.05) is 0 Å². The lowest BCUT2D eigenvalue weighted by Gasteiger charge is -2.55. The molecule has 2 saturated heterocycles. The maximum atomic E-state index is 12.6. The average molecular weight is 565 g/mol. The van der Waals surface area contributed by atoms with E-state index in [-0.39, 0.29) is 71.2 Å². The molecule has 6 saturated carbocycles. The third-order valence-electron chi connectivity index (χ3n) is 10.9. The van der Waals surface area contributed by atoms with E-state index in [1.54, 1.807) is 0 Å². The van der Waals surface area contributed by atoms with Crippen LogP contribution in [0.5, 0.6) is 0 Å². The first-order valence-electron chi connectivity index (χ1n) is 14.1. The summed E-state index contributed by atoms with van der Waals surface area (Å²) in [5, 5.41) is 0. The van der Waals surface area contributed by atoms with Crippen molar-refractivity contribution in [2.75, 3.05) is 0 Å². The van der Waals surface area contributed by atoms with Gasteiger partial charge in [0, 0.05) is 0 Å². The van der Waals surface area contributed by atoms with Gasteiger partial charge in [0.1, 0.15) is 0 Å². The summed E-state index contributed by atoms with van der Waals surface area (Å²) in [5.74, 6) is -1.63. The lowest BCUT2D eigenvalue weighted by molar-refractivity contribution is -0.155. The first-order valence-corrected chi connectivity index (χ1v) is 22.9. The van der Waals surface area contributed by atoms with Gasteiger partial charge < -0.3 is 17.7 Å². The van der Waals surface area contributed by atoms with Crippen molar-refractivity contribution in [2.45, 2.75) is 88.9 Å². The Balaban J connectivity index is 1.18. The summed E-state index contributed by atoms with van der Waals surface area (Å²) in [4.78, 5) is 49.8. The van der Waals surface area contributed by atoms with E-state index in [0.717, 1.165) is 38.5 Å². The molecule has 2 heterocycles. The van der Waals surface area contributed by atoms with Crippen molar-refractivity contribution in [3.05, 3.63) is 0 Å². The number of esters is 4. The number of carbonyl (C=O) groups excluding carboxylic acids is 4. The van der Waals surface area contributed by atoms with Crippen LogP contribution in [0.25, 0.3) is 0 Å². The van der Waals surface area contributed by atoms with E-state index in [1.165, 1.54) is 0 Å². The molecule has 37 heavy (non-hydrogen) atoms. The van der Waals surface area contributed by atoms with Crippen molar-refractivity contribution in [2.24, 2.45) is 47.3 Å². The van der Waals surface area contributed by atoms with Crippen LogP contribution in [-0.4, -0.2) is 49.1 Å². The molecule has 2 aliphatic heterocycles. The first kappa shape index (κ1) is 26.1. The minimum Gasteiger partial charge on any atom is -0.436 e. The van der Waals surface area contributed by atoms with E-state index >= 15 is 0 Å². The van der Waals surface area contributed by atoms with Crippen LogP contribution in [0.3, 0.4) is 0 Å². The van der Waals surface area contributed by atoms with Gasteiger partial charge in [0.05, 0.1) is 23.7 Å². The Labute approximate surface area is 222 Å². The summed E-state index contributed by atoms with van der Waals surface area (Å²) in [6.07, 6.45) is 5.77. The van der Waals surface area contributed by atoms with Gasteiger partial charge in [-0.25, -0.2) is 0 Å². The molecule has 8 fully saturated rings. The summed E-state index contributed by atoms with van der Waals surface area (Å²) in [6.45, 7) is 13.3. The number of carbonyl (C=O) groups is 4. The monoisotopic (exact) mass is 564 g/mol. The Morgan fingerprint density at radius 1 is 0.568 bits per heavy atom. The predicted octanol–water partition coefficient (Wildman–Crippen LogP) is 4.36. The third kappa shape index (κ3) is 4.01. The molecule has 6 aliphatic carbocycles. The zero-order chi connectivity index (χ0) is 26.7. The highest BCUT2D eigenvalue weighted by Gasteiger charge is 2.65. The number of ether oxygens (including phenoxy) is 2. The molecule has 204 valence electrons. The fraction of sp³-hybridized carbons (Fsp3) is 0.846. The molecule has 0 aromatic rings. The Kier molecular flexibility index (Phi) is 5.94. The van der Waals surface area contributed by atoms with Crippen molar-refractivity contribution < 1.29 is 36.9 Å². The van der Waals surface area contributed by atoms with E-state index in [0.29, 0.717) is 11.1 Å². The van der Waals surface area contributed by atoms with Crippen LogP contribution in [0, 0.1) is 47.3 Å². The van der Waals surface area contributed by atoms with Crippen LogP contribution in [0.15, 0.2) is 0 Å². The Morgan fingerprint density at radius 3 is 1.30 bits per heavy atom. The quantitative estimate of drug-likeness (QED) is 0.266. The van der Waals surface area contributed by atoms with Crippen LogP contribution in [0.4, 0.5) is 0 Å². The second-order valence-electron chi connectivity index (χ2n) is 14.1. The third-order valence-corrected chi connectivity index (χ3v) is 23.9. The summed E-state index contributed by atoms with van der Waals surface area (Å²) < 4.78 is 24.3. The van der Waals surface area contributed by atoms with Gasteiger partial charge in [0.15, 0.2) is 16.6 Å². The highest BCUT2D eigenvalue weighted by molar-refractivity contribution is 6.88. The Hall–Kier alpha value is -1.15. The highest BCUT2D eigenvalue weighted by Crippen LogP contribution is 2.61. The van der Waals surface area contributed by atoms with Crippen molar-refractivity contribution in [1.82, 2.24) is 0 Å². The molecule has 0 aromatic carbocycles. The number of hydrogen-bond donors (Lipinski definition) is 0. The molecule has 0 amide bonds. The predicted molar refractivity (Wildman–Crippen MR) is 140 cm³/mol. The van der Waals surface area contributed by atoms with Crippen LogP contribution in [0.1, 0.15) is 38.5 Å².